The van der Waals surface area contributed by atoms with Gasteiger partial charge in [-0.25, -0.2) is 4.79 Å². The Morgan fingerprint density at radius 1 is 1.64 bits per heavy atom. The lowest BCUT2D eigenvalue weighted by atomic mass is 10.3. The van der Waals surface area contributed by atoms with E-state index in [0.717, 1.165) is 0 Å². The summed E-state index contributed by atoms with van der Waals surface area (Å²) >= 11 is 0. The van der Waals surface area contributed by atoms with Gasteiger partial charge in [0.25, 0.3) is 5.91 Å². The molecule has 0 heterocycles. The summed E-state index contributed by atoms with van der Waals surface area (Å²) in [7, 11) is 0. The van der Waals surface area contributed by atoms with Crippen molar-refractivity contribution < 1.29 is 19.8 Å². The molecular formula is C6H7NO4. The number of hydrogen-bond acceptors (Lipinski definition) is 3. The van der Waals surface area contributed by atoms with Crippen LogP contribution in [0.3, 0.4) is 0 Å². The minimum absolute atomic E-state index is 0.377. The summed E-state index contributed by atoms with van der Waals surface area (Å²) in [5.41, 5.74) is 0. The SMILES string of the molecule is C#CC(=O)NC[C@H](O)C(=O)O. The molecule has 5 nitrogen and oxygen atoms in total. The van der Waals surface area contributed by atoms with Gasteiger partial charge in [-0.2, -0.15) is 0 Å². The second-order valence-corrected chi connectivity index (χ2v) is 1.71. The summed E-state index contributed by atoms with van der Waals surface area (Å²) < 4.78 is 0. The molecule has 11 heavy (non-hydrogen) atoms. The summed E-state index contributed by atoms with van der Waals surface area (Å²) in [5, 5.41) is 18.7. The van der Waals surface area contributed by atoms with Crippen LogP contribution in [0, 0.1) is 12.3 Å². The van der Waals surface area contributed by atoms with Crippen LogP contribution < -0.4 is 5.32 Å². The molecule has 0 saturated heterocycles. The number of hydrogen-bond donors (Lipinski definition) is 3. The van der Waals surface area contributed by atoms with Gasteiger partial charge in [-0.05, 0) is 5.92 Å². The summed E-state index contributed by atoms with van der Waals surface area (Å²) in [6, 6.07) is 0. The predicted octanol–water partition coefficient (Wildman–Crippen LogP) is -1.82. The van der Waals surface area contributed by atoms with E-state index in [2.05, 4.69) is 6.42 Å². The van der Waals surface area contributed by atoms with Crippen molar-refractivity contribution in [3.05, 3.63) is 0 Å². The van der Waals surface area contributed by atoms with Crippen molar-refractivity contribution in [3.63, 3.8) is 0 Å². The van der Waals surface area contributed by atoms with Gasteiger partial charge in [0.1, 0.15) is 0 Å². The maximum Gasteiger partial charge on any atom is 0.334 e. The fourth-order valence-corrected chi connectivity index (χ4v) is 0.328. The maximum absolute atomic E-state index is 10.3. The van der Waals surface area contributed by atoms with E-state index in [4.69, 9.17) is 10.2 Å². The molecule has 0 aromatic heterocycles. The van der Waals surface area contributed by atoms with Crippen molar-refractivity contribution in [1.29, 1.82) is 0 Å². The topological polar surface area (TPSA) is 86.6 Å². The Hall–Kier alpha value is -1.54. The third-order valence-electron chi connectivity index (χ3n) is 0.872. The van der Waals surface area contributed by atoms with Crippen LogP contribution in [0.25, 0.3) is 0 Å². The van der Waals surface area contributed by atoms with E-state index in [1.165, 1.54) is 0 Å². The van der Waals surface area contributed by atoms with Gasteiger partial charge in [-0.1, -0.05) is 0 Å². The molecule has 0 unspecified atom stereocenters. The van der Waals surface area contributed by atoms with Crippen LogP contribution >= 0.6 is 0 Å². The molecule has 0 aromatic rings. The van der Waals surface area contributed by atoms with Crippen LogP contribution in [0.15, 0.2) is 0 Å². The number of nitrogens with one attached hydrogen (secondary N) is 1. The molecule has 5 heteroatoms. The molecule has 0 bridgehead atoms. The van der Waals surface area contributed by atoms with E-state index in [-0.39, 0.29) is 6.54 Å². The quantitative estimate of drug-likeness (QED) is 0.421. The van der Waals surface area contributed by atoms with Crippen molar-refractivity contribution in [3.8, 4) is 12.3 Å². The van der Waals surface area contributed by atoms with Gasteiger partial charge < -0.3 is 15.5 Å². The Bertz CT molecular complexity index is 205. The number of aliphatic hydroxyl groups excluding tert-OH is 1. The third kappa shape index (κ3) is 3.95. The first kappa shape index (κ1) is 9.46. The van der Waals surface area contributed by atoms with E-state index in [9.17, 15) is 9.59 Å². The Morgan fingerprint density at radius 3 is 2.55 bits per heavy atom. The van der Waals surface area contributed by atoms with Gasteiger partial charge in [0, 0.05) is 0 Å². The first-order chi connectivity index (χ1) is 5.07. The Labute approximate surface area is 63.0 Å². The fourth-order valence-electron chi connectivity index (χ4n) is 0.328. The summed E-state index contributed by atoms with van der Waals surface area (Å²) in [6.45, 7) is -0.377. The van der Waals surface area contributed by atoms with Crippen molar-refractivity contribution in [2.24, 2.45) is 0 Å². The maximum atomic E-state index is 10.3. The molecule has 0 radical (unpaired) electrons. The Kier molecular flexibility index (Phi) is 3.70. The van der Waals surface area contributed by atoms with E-state index < -0.39 is 18.0 Å². The van der Waals surface area contributed by atoms with Crippen LogP contribution in [-0.2, 0) is 9.59 Å². The van der Waals surface area contributed by atoms with Gasteiger partial charge in [0.15, 0.2) is 6.10 Å². The highest BCUT2D eigenvalue weighted by molar-refractivity contribution is 5.93. The molecule has 60 valence electrons. The molecule has 3 N–H and O–H groups in total. The van der Waals surface area contributed by atoms with E-state index in [1.54, 1.807) is 5.92 Å². The molecule has 0 aliphatic rings. The number of terminal acetylenes is 1. The molecule has 0 aliphatic heterocycles. The number of aliphatic carboxylic acids is 1. The van der Waals surface area contributed by atoms with E-state index >= 15 is 0 Å². The molecular weight excluding hydrogens is 150 g/mol. The average Bonchev–Trinajstić information content (AvgIpc) is 1.99. The monoisotopic (exact) mass is 157 g/mol. The van der Waals surface area contributed by atoms with Crippen LogP contribution in [0.2, 0.25) is 0 Å². The van der Waals surface area contributed by atoms with E-state index in [1.807, 2.05) is 5.32 Å². The number of carbonyl (C=O) groups excluding carboxylic acids is 1. The molecule has 0 fully saturated rings. The molecule has 0 rings (SSSR count). The van der Waals surface area contributed by atoms with Gasteiger partial charge in [0.05, 0.1) is 6.54 Å². The molecule has 1 atom stereocenters. The summed E-state index contributed by atoms with van der Waals surface area (Å²) in [6.07, 6.45) is 3.04. The fraction of sp³-hybridized carbons (Fsp3) is 0.333. The van der Waals surface area contributed by atoms with Crippen molar-refractivity contribution in [1.82, 2.24) is 5.32 Å². The van der Waals surface area contributed by atoms with Crippen molar-refractivity contribution in [2.45, 2.75) is 6.10 Å². The molecule has 0 aromatic carbocycles. The summed E-state index contributed by atoms with van der Waals surface area (Å²) in [4.78, 5) is 20.2. The van der Waals surface area contributed by atoms with Crippen molar-refractivity contribution >= 4 is 11.9 Å². The lowest BCUT2D eigenvalue weighted by Crippen LogP contribution is -2.35. The first-order valence-electron chi connectivity index (χ1n) is 2.73. The van der Waals surface area contributed by atoms with Crippen LogP contribution in [0.1, 0.15) is 0 Å². The number of rotatable bonds is 3. The number of carboxylic acid groups (broad SMARTS) is 1. The van der Waals surface area contributed by atoms with Gasteiger partial charge in [0.2, 0.25) is 0 Å². The Morgan fingerprint density at radius 2 is 2.18 bits per heavy atom. The number of carbonyl (C=O) groups is 2. The van der Waals surface area contributed by atoms with Gasteiger partial charge in [-0.3, -0.25) is 4.79 Å². The normalized spacial score (nSPS) is 11.3. The zero-order chi connectivity index (χ0) is 8.85. The third-order valence-corrected chi connectivity index (χ3v) is 0.872. The summed E-state index contributed by atoms with van der Waals surface area (Å²) in [5.74, 6) is -0.441. The predicted molar refractivity (Wildman–Crippen MR) is 35.5 cm³/mol. The van der Waals surface area contributed by atoms with Gasteiger partial charge in [-0.15, -0.1) is 6.42 Å². The highest BCUT2D eigenvalue weighted by Crippen LogP contribution is 1.78. The lowest BCUT2D eigenvalue weighted by Gasteiger charge is -2.03. The minimum Gasteiger partial charge on any atom is -0.479 e. The van der Waals surface area contributed by atoms with Gasteiger partial charge >= 0.3 is 5.97 Å². The number of amides is 1. The Balaban J connectivity index is 3.64. The second-order valence-electron chi connectivity index (χ2n) is 1.71. The second kappa shape index (κ2) is 4.30. The minimum atomic E-state index is -1.60. The molecule has 0 spiro atoms. The van der Waals surface area contributed by atoms with Crippen molar-refractivity contribution in [2.75, 3.05) is 6.54 Å². The largest absolute Gasteiger partial charge is 0.479 e. The molecule has 0 aliphatic carbocycles. The lowest BCUT2D eigenvalue weighted by molar-refractivity contribution is -0.146. The molecule has 0 saturated carbocycles. The molecule has 1 amide bonds. The van der Waals surface area contributed by atoms with Crippen LogP contribution in [0.5, 0.6) is 0 Å². The number of carboxylic acids is 1. The first-order valence-corrected chi connectivity index (χ1v) is 2.73. The van der Waals surface area contributed by atoms with Crippen LogP contribution in [-0.4, -0.2) is 34.7 Å². The van der Waals surface area contributed by atoms with E-state index in [0.29, 0.717) is 0 Å². The standard InChI is InChI=1S/C6H7NO4/c1-2-5(9)7-3-4(8)6(10)11/h1,4,8H,3H2,(H,7,9)(H,10,11)/t4-/m0/s1. The number of aliphatic hydroxyl groups is 1. The zero-order valence-electron chi connectivity index (χ0n) is 5.57. The highest BCUT2D eigenvalue weighted by atomic mass is 16.4. The zero-order valence-corrected chi connectivity index (χ0v) is 5.57. The highest BCUT2D eigenvalue weighted by Gasteiger charge is 2.12. The average molecular weight is 157 g/mol. The smallest absolute Gasteiger partial charge is 0.334 e. The van der Waals surface area contributed by atoms with Crippen LogP contribution in [0.4, 0.5) is 0 Å².